The van der Waals surface area contributed by atoms with Crippen molar-refractivity contribution in [3.8, 4) is 0 Å². The van der Waals surface area contributed by atoms with E-state index in [4.69, 9.17) is 5.11 Å². The highest BCUT2D eigenvalue weighted by Gasteiger charge is 2.32. The van der Waals surface area contributed by atoms with E-state index in [1.54, 1.807) is 17.2 Å². The summed E-state index contributed by atoms with van der Waals surface area (Å²) in [5, 5.41) is 15.2. The zero-order valence-electron chi connectivity index (χ0n) is 9.43. The number of nitrogens with one attached hydrogen (secondary N) is 1. The molecule has 1 aromatic rings. The first-order valence-electron chi connectivity index (χ1n) is 5.66. The molecule has 1 aromatic heterocycles. The molecule has 17 heavy (non-hydrogen) atoms. The van der Waals surface area contributed by atoms with E-state index in [2.05, 4.69) is 10.2 Å². The van der Waals surface area contributed by atoms with Gasteiger partial charge < -0.3 is 10.0 Å². The average molecular weight is 237 g/mol. The second kappa shape index (κ2) is 4.99. The van der Waals surface area contributed by atoms with E-state index in [1.165, 1.54) is 0 Å². The van der Waals surface area contributed by atoms with Crippen LogP contribution in [0.4, 0.5) is 0 Å². The Morgan fingerprint density at radius 2 is 2.29 bits per heavy atom. The number of carboxylic acid groups (broad SMARTS) is 1. The van der Waals surface area contributed by atoms with Gasteiger partial charge in [-0.1, -0.05) is 0 Å². The molecule has 0 radical (unpaired) electrons. The van der Waals surface area contributed by atoms with Crippen LogP contribution in [0.3, 0.4) is 0 Å². The zero-order chi connectivity index (χ0) is 12.3. The average Bonchev–Trinajstić information content (AvgIpc) is 2.97. The summed E-state index contributed by atoms with van der Waals surface area (Å²) in [6.07, 6.45) is 3.82. The van der Waals surface area contributed by atoms with Crippen molar-refractivity contribution in [3.63, 3.8) is 0 Å². The molecule has 2 N–H and O–H groups in total. The number of aromatic amines is 1. The Morgan fingerprint density at radius 3 is 2.82 bits per heavy atom. The first-order chi connectivity index (χ1) is 8.16. The summed E-state index contributed by atoms with van der Waals surface area (Å²) >= 11 is 0. The third-order valence-electron chi connectivity index (χ3n) is 2.77. The van der Waals surface area contributed by atoms with Gasteiger partial charge in [0, 0.05) is 24.5 Å². The van der Waals surface area contributed by atoms with Crippen molar-refractivity contribution in [3.05, 3.63) is 18.0 Å². The van der Waals surface area contributed by atoms with Crippen LogP contribution in [0.15, 0.2) is 12.3 Å². The molecular weight excluding hydrogens is 222 g/mol. The Morgan fingerprint density at radius 1 is 1.53 bits per heavy atom. The van der Waals surface area contributed by atoms with Crippen LogP contribution in [0.1, 0.15) is 25.0 Å². The fourth-order valence-corrected chi connectivity index (χ4v) is 1.76. The molecule has 1 amide bonds. The summed E-state index contributed by atoms with van der Waals surface area (Å²) in [7, 11) is 0. The first-order valence-corrected chi connectivity index (χ1v) is 5.66. The van der Waals surface area contributed by atoms with Crippen molar-refractivity contribution in [2.45, 2.75) is 31.7 Å². The molecule has 1 heterocycles. The maximum atomic E-state index is 12.0. The minimum atomic E-state index is -0.870. The Hall–Kier alpha value is -1.85. The van der Waals surface area contributed by atoms with Crippen LogP contribution < -0.4 is 0 Å². The normalized spacial score (nSPS) is 14.6. The second-order valence-electron chi connectivity index (χ2n) is 4.22. The molecule has 0 bridgehead atoms. The summed E-state index contributed by atoms with van der Waals surface area (Å²) in [5.41, 5.74) is 0.760. The summed E-state index contributed by atoms with van der Waals surface area (Å²) < 4.78 is 0. The largest absolute Gasteiger partial charge is 0.481 e. The van der Waals surface area contributed by atoms with Crippen molar-refractivity contribution in [1.29, 1.82) is 0 Å². The van der Waals surface area contributed by atoms with Crippen LogP contribution in [0.2, 0.25) is 0 Å². The van der Waals surface area contributed by atoms with Gasteiger partial charge in [-0.15, -0.1) is 0 Å². The topological polar surface area (TPSA) is 86.3 Å². The number of hydrogen-bond donors (Lipinski definition) is 2. The fourth-order valence-electron chi connectivity index (χ4n) is 1.76. The molecule has 6 nitrogen and oxygen atoms in total. The van der Waals surface area contributed by atoms with E-state index in [0.717, 1.165) is 18.5 Å². The van der Waals surface area contributed by atoms with E-state index in [-0.39, 0.29) is 24.8 Å². The monoisotopic (exact) mass is 237 g/mol. The number of H-pyrrole nitrogens is 1. The molecule has 1 saturated carbocycles. The van der Waals surface area contributed by atoms with Crippen LogP contribution in [0.5, 0.6) is 0 Å². The third kappa shape index (κ3) is 3.30. The number of carbonyl (C=O) groups is 2. The highest BCUT2D eigenvalue weighted by Crippen LogP contribution is 2.27. The Balaban J connectivity index is 1.91. The lowest BCUT2D eigenvalue weighted by Crippen LogP contribution is -2.36. The number of nitrogens with zero attached hydrogens (tertiary/aromatic N) is 2. The van der Waals surface area contributed by atoms with Gasteiger partial charge in [0.25, 0.3) is 0 Å². The van der Waals surface area contributed by atoms with Gasteiger partial charge >= 0.3 is 5.97 Å². The number of aliphatic carboxylic acids is 1. The van der Waals surface area contributed by atoms with Gasteiger partial charge in [0.1, 0.15) is 0 Å². The standard InChI is InChI=1S/C11H15N3O3/c15-10(7-8-3-5-12-13-8)14(9-1-2-9)6-4-11(16)17/h3,5,9H,1-2,4,6-7H2,(H,12,13)(H,16,17). The lowest BCUT2D eigenvalue weighted by atomic mass is 10.2. The molecule has 0 saturated heterocycles. The van der Waals surface area contributed by atoms with Crippen LogP contribution in [0.25, 0.3) is 0 Å². The van der Waals surface area contributed by atoms with Gasteiger partial charge in [-0.25, -0.2) is 0 Å². The van der Waals surface area contributed by atoms with Gasteiger partial charge in [-0.2, -0.15) is 5.10 Å². The van der Waals surface area contributed by atoms with Crippen molar-refractivity contribution in [2.75, 3.05) is 6.54 Å². The number of amides is 1. The van der Waals surface area contributed by atoms with E-state index in [1.807, 2.05) is 0 Å². The van der Waals surface area contributed by atoms with Gasteiger partial charge in [-0.05, 0) is 18.9 Å². The van der Waals surface area contributed by atoms with Crippen molar-refractivity contribution in [1.82, 2.24) is 15.1 Å². The minimum Gasteiger partial charge on any atom is -0.481 e. The highest BCUT2D eigenvalue weighted by molar-refractivity contribution is 5.79. The van der Waals surface area contributed by atoms with Crippen LogP contribution in [-0.2, 0) is 16.0 Å². The molecule has 0 atom stereocenters. The maximum absolute atomic E-state index is 12.0. The number of rotatable bonds is 6. The first kappa shape index (κ1) is 11.6. The number of carboxylic acids is 1. The molecule has 2 rings (SSSR count). The van der Waals surface area contributed by atoms with Crippen molar-refractivity contribution in [2.24, 2.45) is 0 Å². The van der Waals surface area contributed by atoms with Gasteiger partial charge in [0.15, 0.2) is 0 Å². The number of hydrogen-bond acceptors (Lipinski definition) is 3. The van der Waals surface area contributed by atoms with Crippen LogP contribution in [0, 0.1) is 0 Å². The summed E-state index contributed by atoms with van der Waals surface area (Å²) in [4.78, 5) is 24.2. The molecule has 1 aliphatic rings. The molecule has 0 aromatic carbocycles. The molecule has 0 aliphatic heterocycles. The third-order valence-corrected chi connectivity index (χ3v) is 2.77. The second-order valence-corrected chi connectivity index (χ2v) is 4.22. The summed E-state index contributed by atoms with van der Waals surface area (Å²) in [6.45, 7) is 0.299. The van der Waals surface area contributed by atoms with E-state index in [0.29, 0.717) is 6.54 Å². The molecule has 0 unspecified atom stereocenters. The molecule has 6 heteroatoms. The molecular formula is C11H15N3O3. The summed E-state index contributed by atoms with van der Waals surface area (Å²) in [6, 6.07) is 1.99. The van der Waals surface area contributed by atoms with E-state index < -0.39 is 5.97 Å². The molecule has 0 spiro atoms. The Labute approximate surface area is 98.6 Å². The van der Waals surface area contributed by atoms with E-state index >= 15 is 0 Å². The zero-order valence-corrected chi connectivity index (χ0v) is 9.43. The predicted octanol–water partition coefficient (Wildman–Crippen LogP) is 0.418. The Kier molecular flexibility index (Phi) is 3.41. The van der Waals surface area contributed by atoms with Gasteiger partial charge in [0.05, 0.1) is 12.8 Å². The Bertz CT molecular complexity index is 398. The molecule has 1 fully saturated rings. The SMILES string of the molecule is O=C(O)CCN(C(=O)Cc1ccn[nH]1)C1CC1. The van der Waals surface area contributed by atoms with Crippen LogP contribution in [-0.4, -0.2) is 44.7 Å². The fraction of sp³-hybridized carbons (Fsp3) is 0.545. The van der Waals surface area contributed by atoms with Gasteiger partial charge in [0.2, 0.25) is 5.91 Å². The maximum Gasteiger partial charge on any atom is 0.305 e. The lowest BCUT2D eigenvalue weighted by Gasteiger charge is -2.21. The van der Waals surface area contributed by atoms with Crippen LogP contribution >= 0.6 is 0 Å². The quantitative estimate of drug-likeness (QED) is 0.750. The van der Waals surface area contributed by atoms with Crippen molar-refractivity contribution >= 4 is 11.9 Å². The van der Waals surface area contributed by atoms with Gasteiger partial charge in [-0.3, -0.25) is 14.7 Å². The smallest absolute Gasteiger partial charge is 0.305 e. The predicted molar refractivity (Wildman–Crippen MR) is 59.3 cm³/mol. The van der Waals surface area contributed by atoms with E-state index in [9.17, 15) is 9.59 Å². The lowest BCUT2D eigenvalue weighted by molar-refractivity contribution is -0.138. The highest BCUT2D eigenvalue weighted by atomic mass is 16.4. The minimum absolute atomic E-state index is 0.00517. The number of carbonyl (C=O) groups excluding carboxylic acids is 1. The van der Waals surface area contributed by atoms with Crippen molar-refractivity contribution < 1.29 is 14.7 Å². The molecule has 92 valence electrons. The summed E-state index contributed by atoms with van der Waals surface area (Å²) in [5.74, 6) is -0.900. The molecule has 1 aliphatic carbocycles. The number of aromatic nitrogens is 2.